The van der Waals surface area contributed by atoms with E-state index in [1.807, 2.05) is 0 Å². The number of Topliss-reactive ketones (excluding diaryl/α,β-unsaturated/α-hetero) is 2. The van der Waals surface area contributed by atoms with Crippen molar-refractivity contribution >= 4 is 17.3 Å². The lowest BCUT2D eigenvalue weighted by atomic mass is 9.90. The van der Waals surface area contributed by atoms with E-state index in [0.29, 0.717) is 11.1 Å². The summed E-state index contributed by atoms with van der Waals surface area (Å²) >= 11 is 0. The van der Waals surface area contributed by atoms with Gasteiger partial charge in [0.2, 0.25) is 0 Å². The van der Waals surface area contributed by atoms with E-state index in [1.165, 1.54) is 12.1 Å². The number of phenols is 1. The molecular formula is C15H11NO3. The number of para-hydroxylation sites is 1. The number of aromatic hydroxyl groups is 1. The third kappa shape index (κ3) is 1.57. The van der Waals surface area contributed by atoms with Crippen molar-refractivity contribution in [2.45, 2.75) is 5.92 Å². The average Bonchev–Trinajstić information content (AvgIpc) is 2.64. The fourth-order valence-corrected chi connectivity index (χ4v) is 2.64. The zero-order chi connectivity index (χ0) is 13.6. The molecule has 19 heavy (non-hydrogen) atoms. The van der Waals surface area contributed by atoms with E-state index in [0.717, 1.165) is 0 Å². The van der Waals surface area contributed by atoms with E-state index >= 15 is 0 Å². The monoisotopic (exact) mass is 253 g/mol. The van der Waals surface area contributed by atoms with E-state index < -0.39 is 11.8 Å². The summed E-state index contributed by atoms with van der Waals surface area (Å²) < 4.78 is 0. The third-order valence-corrected chi connectivity index (χ3v) is 3.54. The van der Waals surface area contributed by atoms with Crippen LogP contribution in [0.4, 0.5) is 0 Å². The minimum atomic E-state index is -0.988. The quantitative estimate of drug-likeness (QED) is 0.748. The van der Waals surface area contributed by atoms with Gasteiger partial charge < -0.3 is 10.5 Å². The van der Waals surface area contributed by atoms with Crippen molar-refractivity contribution in [3.63, 3.8) is 0 Å². The first-order valence-electron chi connectivity index (χ1n) is 5.94. The van der Waals surface area contributed by atoms with Crippen molar-refractivity contribution in [2.75, 3.05) is 0 Å². The molecule has 2 unspecified atom stereocenters. The normalized spacial score (nSPS) is 25.5. The molecular weight excluding hydrogens is 242 g/mol. The molecule has 0 radical (unpaired) electrons. The van der Waals surface area contributed by atoms with Gasteiger partial charge >= 0.3 is 0 Å². The first kappa shape index (κ1) is 11.6. The lowest BCUT2D eigenvalue weighted by Crippen LogP contribution is -2.21. The van der Waals surface area contributed by atoms with Crippen LogP contribution in [0, 0.1) is 11.3 Å². The van der Waals surface area contributed by atoms with E-state index in [-0.39, 0.29) is 23.0 Å². The summed E-state index contributed by atoms with van der Waals surface area (Å²) in [5.74, 6) is -2.47. The first-order chi connectivity index (χ1) is 9.11. The maximum atomic E-state index is 12.4. The molecule has 0 bridgehead atoms. The van der Waals surface area contributed by atoms with Crippen molar-refractivity contribution in [3.05, 3.63) is 53.6 Å². The number of nitrogens with one attached hydrogen (secondary N) is 1. The number of hydrogen-bond acceptors (Lipinski definition) is 4. The third-order valence-electron chi connectivity index (χ3n) is 3.54. The number of carbonyl (C=O) groups is 2. The summed E-state index contributed by atoms with van der Waals surface area (Å²) in [6.07, 6.45) is 4.71. The van der Waals surface area contributed by atoms with Crippen LogP contribution in [0.3, 0.4) is 0 Å². The molecule has 2 aliphatic carbocycles. The second kappa shape index (κ2) is 4.02. The van der Waals surface area contributed by atoms with Gasteiger partial charge in [-0.2, -0.15) is 0 Å². The van der Waals surface area contributed by atoms with Crippen molar-refractivity contribution < 1.29 is 14.7 Å². The Morgan fingerprint density at radius 1 is 1.11 bits per heavy atom. The minimum Gasteiger partial charge on any atom is -0.508 e. The Morgan fingerprint density at radius 2 is 1.84 bits per heavy atom. The van der Waals surface area contributed by atoms with Gasteiger partial charge in [-0.3, -0.25) is 9.59 Å². The Kier molecular flexibility index (Phi) is 2.45. The standard InChI is InChI=1S/C15H11NO3/c16-10-6-3-5-9-12(10)15(19)13(14(9)18)8-4-1-2-7-11(8)17/h1-7,12-13,16-17H. The van der Waals surface area contributed by atoms with Crippen LogP contribution in [0.2, 0.25) is 0 Å². The molecule has 1 aromatic carbocycles. The summed E-state index contributed by atoms with van der Waals surface area (Å²) in [6, 6.07) is 6.34. The highest BCUT2D eigenvalue weighted by Crippen LogP contribution is 2.40. The maximum absolute atomic E-state index is 12.4. The molecule has 2 aliphatic rings. The molecule has 1 saturated carbocycles. The van der Waals surface area contributed by atoms with E-state index in [4.69, 9.17) is 5.41 Å². The van der Waals surface area contributed by atoms with E-state index in [2.05, 4.69) is 0 Å². The molecule has 4 nitrogen and oxygen atoms in total. The molecule has 0 amide bonds. The highest BCUT2D eigenvalue weighted by atomic mass is 16.3. The number of rotatable bonds is 1. The Morgan fingerprint density at radius 3 is 2.53 bits per heavy atom. The summed E-state index contributed by atoms with van der Waals surface area (Å²) in [5.41, 5.74) is 0.806. The zero-order valence-electron chi connectivity index (χ0n) is 9.96. The van der Waals surface area contributed by atoms with Crippen LogP contribution in [-0.4, -0.2) is 22.4 Å². The number of carbonyl (C=O) groups excluding carboxylic acids is 2. The van der Waals surface area contributed by atoms with Crippen molar-refractivity contribution in [1.82, 2.24) is 0 Å². The Bertz CT molecular complexity index is 670. The molecule has 0 aliphatic heterocycles. The van der Waals surface area contributed by atoms with Crippen LogP contribution in [0.5, 0.6) is 5.75 Å². The molecule has 1 aromatic rings. The predicted octanol–water partition coefficient (Wildman–Crippen LogP) is 1.76. The largest absolute Gasteiger partial charge is 0.508 e. The van der Waals surface area contributed by atoms with Gasteiger partial charge in [0.25, 0.3) is 0 Å². The topological polar surface area (TPSA) is 78.2 Å². The lowest BCUT2D eigenvalue weighted by Gasteiger charge is -2.11. The Balaban J connectivity index is 2.12. The fraction of sp³-hybridized carbons (Fsp3) is 0.133. The van der Waals surface area contributed by atoms with Crippen LogP contribution >= 0.6 is 0 Å². The highest BCUT2D eigenvalue weighted by molar-refractivity contribution is 6.33. The van der Waals surface area contributed by atoms with Crippen LogP contribution in [-0.2, 0) is 9.59 Å². The minimum absolute atomic E-state index is 0.0621. The highest BCUT2D eigenvalue weighted by Gasteiger charge is 2.48. The van der Waals surface area contributed by atoms with Crippen LogP contribution in [0.25, 0.3) is 0 Å². The smallest absolute Gasteiger partial charge is 0.175 e. The summed E-state index contributed by atoms with van der Waals surface area (Å²) in [6.45, 7) is 0. The molecule has 1 fully saturated rings. The van der Waals surface area contributed by atoms with Gasteiger partial charge in [0.1, 0.15) is 11.7 Å². The molecule has 0 heterocycles. The number of phenolic OH excluding ortho intramolecular Hbond substituents is 1. The average molecular weight is 253 g/mol. The Labute approximate surface area is 109 Å². The zero-order valence-corrected chi connectivity index (χ0v) is 9.96. The van der Waals surface area contributed by atoms with Gasteiger partial charge in [-0.25, -0.2) is 0 Å². The molecule has 2 atom stereocenters. The fourth-order valence-electron chi connectivity index (χ4n) is 2.64. The first-order valence-corrected chi connectivity index (χ1v) is 5.94. The van der Waals surface area contributed by atoms with E-state index in [9.17, 15) is 14.7 Å². The van der Waals surface area contributed by atoms with Gasteiger partial charge in [-0.15, -0.1) is 0 Å². The van der Waals surface area contributed by atoms with Crippen molar-refractivity contribution in [2.24, 2.45) is 5.92 Å². The van der Waals surface area contributed by atoms with Gasteiger partial charge in [0.15, 0.2) is 11.6 Å². The molecule has 94 valence electrons. The molecule has 0 saturated heterocycles. The molecule has 4 heteroatoms. The second-order valence-corrected chi connectivity index (χ2v) is 4.63. The number of benzene rings is 1. The number of fused-ring (bicyclic) bond motifs is 1. The second-order valence-electron chi connectivity index (χ2n) is 4.63. The van der Waals surface area contributed by atoms with Gasteiger partial charge in [0, 0.05) is 16.8 Å². The van der Waals surface area contributed by atoms with Crippen LogP contribution in [0.1, 0.15) is 11.5 Å². The lowest BCUT2D eigenvalue weighted by molar-refractivity contribution is -0.123. The number of hydrogen-bond donors (Lipinski definition) is 2. The van der Waals surface area contributed by atoms with Crippen molar-refractivity contribution in [3.8, 4) is 5.75 Å². The van der Waals surface area contributed by atoms with Crippen LogP contribution in [0.15, 0.2) is 48.1 Å². The van der Waals surface area contributed by atoms with Gasteiger partial charge in [-0.05, 0) is 12.1 Å². The van der Waals surface area contributed by atoms with Gasteiger partial charge in [0.05, 0.1) is 5.92 Å². The van der Waals surface area contributed by atoms with E-state index in [1.54, 1.807) is 30.4 Å². The molecule has 0 aromatic heterocycles. The Hall–Kier alpha value is -2.49. The van der Waals surface area contributed by atoms with Crippen molar-refractivity contribution in [1.29, 1.82) is 5.41 Å². The molecule has 2 N–H and O–H groups in total. The predicted molar refractivity (Wildman–Crippen MR) is 69.3 cm³/mol. The van der Waals surface area contributed by atoms with Crippen LogP contribution < -0.4 is 0 Å². The summed E-state index contributed by atoms with van der Waals surface area (Å²) in [5, 5.41) is 17.6. The van der Waals surface area contributed by atoms with Gasteiger partial charge in [-0.1, -0.05) is 30.4 Å². The maximum Gasteiger partial charge on any atom is 0.175 e. The molecule has 3 rings (SSSR count). The molecule has 0 spiro atoms. The number of allylic oxidation sites excluding steroid dienone is 4. The summed E-state index contributed by atoms with van der Waals surface area (Å²) in [7, 11) is 0. The number of ketones is 2. The SMILES string of the molecule is N=C1C=CC=C2C(=O)C(c3ccccc3O)C(=O)C12. The summed E-state index contributed by atoms with van der Waals surface area (Å²) in [4.78, 5) is 24.7.